The van der Waals surface area contributed by atoms with Crippen molar-refractivity contribution in [3.05, 3.63) is 70.7 Å². The van der Waals surface area contributed by atoms with Gasteiger partial charge in [0.05, 0.1) is 0 Å². The number of hydrogen-bond acceptors (Lipinski definition) is 2. The topological polar surface area (TPSA) is 6.48 Å². The number of halogens is 1. The average molecular weight is 327 g/mol. The Kier molecular flexibility index (Phi) is 4.14. The highest BCUT2D eigenvalue weighted by molar-refractivity contribution is 6.30. The van der Waals surface area contributed by atoms with E-state index in [-0.39, 0.29) is 0 Å². The zero-order chi connectivity index (χ0) is 15.8. The average Bonchev–Trinajstić information content (AvgIpc) is 3.03. The molecule has 0 radical (unpaired) electrons. The third-order valence-corrected chi connectivity index (χ3v) is 5.64. The predicted octanol–water partition coefficient (Wildman–Crippen LogP) is 4.07. The van der Waals surface area contributed by atoms with Crippen molar-refractivity contribution in [1.29, 1.82) is 0 Å². The molecule has 2 aromatic rings. The van der Waals surface area contributed by atoms with Crippen LogP contribution in [0.5, 0.6) is 0 Å². The summed E-state index contributed by atoms with van der Waals surface area (Å²) in [6.45, 7) is 4.60. The van der Waals surface area contributed by atoms with Gasteiger partial charge in [0.25, 0.3) is 0 Å². The maximum Gasteiger partial charge on any atom is 0.0409 e. The highest BCUT2D eigenvalue weighted by Crippen LogP contribution is 2.44. The Morgan fingerprint density at radius 3 is 2.61 bits per heavy atom. The van der Waals surface area contributed by atoms with E-state index in [0.29, 0.717) is 6.04 Å². The van der Waals surface area contributed by atoms with Crippen molar-refractivity contribution in [1.82, 2.24) is 9.80 Å². The van der Waals surface area contributed by atoms with Gasteiger partial charge in [-0.15, -0.1) is 0 Å². The monoisotopic (exact) mass is 326 g/mol. The van der Waals surface area contributed by atoms with E-state index in [1.807, 2.05) is 6.07 Å². The van der Waals surface area contributed by atoms with Gasteiger partial charge in [-0.25, -0.2) is 0 Å². The smallest absolute Gasteiger partial charge is 0.0409 e. The van der Waals surface area contributed by atoms with E-state index < -0.39 is 0 Å². The molecule has 2 aliphatic rings. The predicted molar refractivity (Wildman–Crippen MR) is 95.5 cm³/mol. The minimum atomic E-state index is 0.561. The molecule has 2 fully saturated rings. The summed E-state index contributed by atoms with van der Waals surface area (Å²) in [4.78, 5) is 5.14. The Hall–Kier alpha value is -1.35. The van der Waals surface area contributed by atoms with Gasteiger partial charge in [0, 0.05) is 37.2 Å². The molecule has 0 N–H and O–H groups in total. The fourth-order valence-corrected chi connectivity index (χ4v) is 4.74. The number of rotatable bonds is 3. The molecule has 0 unspecified atom stereocenters. The number of likely N-dealkylation sites (tertiary alicyclic amines) is 2. The van der Waals surface area contributed by atoms with Gasteiger partial charge in [0.1, 0.15) is 0 Å². The van der Waals surface area contributed by atoms with Crippen LogP contribution in [0.4, 0.5) is 0 Å². The van der Waals surface area contributed by atoms with Crippen LogP contribution in [0.1, 0.15) is 17.2 Å². The summed E-state index contributed by atoms with van der Waals surface area (Å²) in [6, 6.07) is 19.8. The summed E-state index contributed by atoms with van der Waals surface area (Å²) in [6.07, 6.45) is 0. The Balaban J connectivity index is 1.49. The molecule has 2 aromatic carbocycles. The van der Waals surface area contributed by atoms with Crippen LogP contribution in [0.15, 0.2) is 54.6 Å². The first-order valence-electron chi connectivity index (χ1n) is 8.42. The molecule has 0 bridgehead atoms. The van der Waals surface area contributed by atoms with Crippen molar-refractivity contribution in [3.63, 3.8) is 0 Å². The lowest BCUT2D eigenvalue weighted by Gasteiger charge is -2.27. The quantitative estimate of drug-likeness (QED) is 0.838. The highest BCUT2D eigenvalue weighted by Gasteiger charge is 2.45. The second-order valence-corrected chi connectivity index (χ2v) is 7.48. The van der Waals surface area contributed by atoms with Crippen LogP contribution in [-0.2, 0) is 6.54 Å². The van der Waals surface area contributed by atoms with Gasteiger partial charge in [0.2, 0.25) is 0 Å². The van der Waals surface area contributed by atoms with Crippen LogP contribution in [0.25, 0.3) is 0 Å². The first-order chi connectivity index (χ1) is 11.2. The SMILES string of the molecule is CN1C[C@H]2CN(Cc3cccc(Cl)c3)C[C@H]2[C@@H]1c1ccccc1. The van der Waals surface area contributed by atoms with E-state index in [2.05, 4.69) is 65.4 Å². The molecule has 0 saturated carbocycles. The zero-order valence-corrected chi connectivity index (χ0v) is 14.3. The summed E-state index contributed by atoms with van der Waals surface area (Å²) >= 11 is 6.12. The molecule has 0 amide bonds. The second-order valence-electron chi connectivity index (χ2n) is 7.04. The largest absolute Gasteiger partial charge is 0.299 e. The van der Waals surface area contributed by atoms with Gasteiger partial charge < -0.3 is 0 Å². The lowest BCUT2D eigenvalue weighted by Crippen LogP contribution is -2.28. The van der Waals surface area contributed by atoms with E-state index in [1.165, 1.54) is 30.8 Å². The minimum absolute atomic E-state index is 0.561. The number of fused-ring (bicyclic) bond motifs is 1. The highest BCUT2D eigenvalue weighted by atomic mass is 35.5. The van der Waals surface area contributed by atoms with Crippen molar-refractivity contribution >= 4 is 11.6 Å². The summed E-state index contributed by atoms with van der Waals surface area (Å²) in [5.74, 6) is 1.52. The van der Waals surface area contributed by atoms with Gasteiger partial charge in [-0.3, -0.25) is 9.80 Å². The van der Waals surface area contributed by atoms with Crippen LogP contribution in [-0.4, -0.2) is 36.5 Å². The van der Waals surface area contributed by atoms with E-state index in [1.54, 1.807) is 0 Å². The summed E-state index contributed by atoms with van der Waals surface area (Å²) in [5, 5.41) is 0.837. The third kappa shape index (κ3) is 3.03. The van der Waals surface area contributed by atoms with Crippen molar-refractivity contribution in [3.8, 4) is 0 Å². The standard InChI is InChI=1S/C20H23ClN2/c1-22-12-17-13-23(11-15-6-5-9-18(21)10-15)14-19(17)20(22)16-7-3-2-4-8-16/h2-10,17,19-20H,11-14H2,1H3/t17-,19+,20-/m0/s1. The zero-order valence-electron chi connectivity index (χ0n) is 13.5. The molecule has 2 saturated heterocycles. The van der Waals surface area contributed by atoms with Crippen LogP contribution >= 0.6 is 11.6 Å². The Morgan fingerprint density at radius 1 is 1.00 bits per heavy atom. The van der Waals surface area contributed by atoms with E-state index in [0.717, 1.165) is 23.4 Å². The van der Waals surface area contributed by atoms with Gasteiger partial charge >= 0.3 is 0 Å². The Bertz CT molecular complexity index is 672. The molecule has 2 heterocycles. The summed E-state index contributed by atoms with van der Waals surface area (Å²) in [7, 11) is 2.28. The molecule has 4 rings (SSSR count). The normalized spacial score (nSPS) is 28.2. The van der Waals surface area contributed by atoms with Gasteiger partial charge in [-0.2, -0.15) is 0 Å². The Morgan fingerprint density at radius 2 is 1.83 bits per heavy atom. The molecule has 2 aliphatic heterocycles. The molecule has 0 aromatic heterocycles. The van der Waals surface area contributed by atoms with Crippen LogP contribution < -0.4 is 0 Å². The fourth-order valence-electron chi connectivity index (χ4n) is 4.52. The minimum Gasteiger partial charge on any atom is -0.299 e. The molecule has 3 heteroatoms. The van der Waals surface area contributed by atoms with E-state index >= 15 is 0 Å². The molecule has 3 atom stereocenters. The third-order valence-electron chi connectivity index (χ3n) is 5.41. The van der Waals surface area contributed by atoms with Gasteiger partial charge in [0.15, 0.2) is 0 Å². The molecular formula is C20H23ClN2. The summed E-state index contributed by atoms with van der Waals surface area (Å²) < 4.78 is 0. The molecule has 120 valence electrons. The molecule has 0 spiro atoms. The molecule has 23 heavy (non-hydrogen) atoms. The fraction of sp³-hybridized carbons (Fsp3) is 0.400. The van der Waals surface area contributed by atoms with Crippen molar-refractivity contribution in [2.24, 2.45) is 11.8 Å². The van der Waals surface area contributed by atoms with Crippen molar-refractivity contribution < 1.29 is 0 Å². The van der Waals surface area contributed by atoms with Gasteiger partial charge in [-0.1, -0.05) is 54.1 Å². The number of nitrogens with zero attached hydrogens (tertiary/aromatic N) is 2. The van der Waals surface area contributed by atoms with Crippen molar-refractivity contribution in [2.45, 2.75) is 12.6 Å². The number of benzene rings is 2. The first-order valence-corrected chi connectivity index (χ1v) is 8.80. The van der Waals surface area contributed by atoms with Crippen LogP contribution in [0, 0.1) is 11.8 Å². The first kappa shape index (κ1) is 15.2. The lowest BCUT2D eigenvalue weighted by molar-refractivity contribution is 0.224. The number of hydrogen-bond donors (Lipinski definition) is 0. The van der Waals surface area contributed by atoms with E-state index in [4.69, 9.17) is 11.6 Å². The van der Waals surface area contributed by atoms with Gasteiger partial charge in [-0.05, 0) is 42.1 Å². The van der Waals surface area contributed by atoms with Crippen molar-refractivity contribution in [2.75, 3.05) is 26.7 Å². The molecule has 2 nitrogen and oxygen atoms in total. The Labute approximate surface area is 143 Å². The van der Waals surface area contributed by atoms with Crippen LogP contribution in [0.3, 0.4) is 0 Å². The summed E-state index contributed by atoms with van der Waals surface area (Å²) in [5.41, 5.74) is 2.79. The maximum atomic E-state index is 6.12. The second kappa shape index (κ2) is 6.27. The van der Waals surface area contributed by atoms with Crippen LogP contribution in [0.2, 0.25) is 5.02 Å². The van der Waals surface area contributed by atoms with E-state index in [9.17, 15) is 0 Å². The molecular weight excluding hydrogens is 304 g/mol. The molecule has 0 aliphatic carbocycles. The maximum absolute atomic E-state index is 6.12. The lowest BCUT2D eigenvalue weighted by atomic mass is 9.90.